The van der Waals surface area contributed by atoms with Crippen molar-refractivity contribution in [3.05, 3.63) is 59.2 Å². The summed E-state index contributed by atoms with van der Waals surface area (Å²) in [7, 11) is 3.04. The van der Waals surface area contributed by atoms with Crippen molar-refractivity contribution in [1.29, 1.82) is 0 Å². The first-order valence-corrected chi connectivity index (χ1v) is 11.3. The second-order valence-corrected chi connectivity index (χ2v) is 7.70. The third-order valence-electron chi connectivity index (χ3n) is 5.48. The van der Waals surface area contributed by atoms with Gasteiger partial charge < -0.3 is 29.0 Å². The molecule has 0 spiro atoms. The number of ketones is 1. The molecule has 1 aliphatic heterocycles. The van der Waals surface area contributed by atoms with Gasteiger partial charge in [0.2, 0.25) is 0 Å². The quantitative estimate of drug-likeness (QED) is 0.302. The Balaban J connectivity index is 2.09. The number of methoxy groups -OCH3 is 2. The summed E-state index contributed by atoms with van der Waals surface area (Å²) in [6.07, 6.45) is 0.873. The lowest BCUT2D eigenvalue weighted by Gasteiger charge is -2.25. The zero-order valence-electron chi connectivity index (χ0n) is 20.0. The number of aliphatic hydroxyl groups is 1. The number of aliphatic hydroxyl groups excluding tert-OH is 1. The number of rotatable bonds is 11. The number of benzene rings is 2. The average molecular weight is 470 g/mol. The summed E-state index contributed by atoms with van der Waals surface area (Å²) in [5.41, 5.74) is 1.03. The molecule has 1 aliphatic rings. The van der Waals surface area contributed by atoms with Crippen LogP contribution in [-0.4, -0.2) is 62.3 Å². The van der Waals surface area contributed by atoms with Crippen molar-refractivity contribution < 1.29 is 33.6 Å². The smallest absolute Gasteiger partial charge is 0.295 e. The Morgan fingerprint density at radius 1 is 0.971 bits per heavy atom. The van der Waals surface area contributed by atoms with Crippen LogP contribution in [0.25, 0.3) is 5.76 Å². The van der Waals surface area contributed by atoms with Gasteiger partial charge in [-0.1, -0.05) is 13.0 Å². The molecule has 1 saturated heterocycles. The molecule has 0 bridgehead atoms. The SMILES string of the molecule is CCCOc1ccc(/C(O)=C2\C(=O)C(=O)N(CCOC)C2c2ccc(OCC)c(OC)c2)cc1. The van der Waals surface area contributed by atoms with Gasteiger partial charge in [-0.15, -0.1) is 0 Å². The highest BCUT2D eigenvalue weighted by atomic mass is 16.5. The van der Waals surface area contributed by atoms with Crippen LogP contribution >= 0.6 is 0 Å². The number of likely N-dealkylation sites (tertiary alicyclic amines) is 1. The van der Waals surface area contributed by atoms with Crippen LogP contribution in [0.3, 0.4) is 0 Å². The van der Waals surface area contributed by atoms with Crippen LogP contribution in [0.15, 0.2) is 48.0 Å². The summed E-state index contributed by atoms with van der Waals surface area (Å²) < 4.78 is 21.8. The molecule has 1 unspecified atom stereocenters. The summed E-state index contributed by atoms with van der Waals surface area (Å²) in [5, 5.41) is 11.2. The van der Waals surface area contributed by atoms with Gasteiger partial charge in [-0.05, 0) is 55.3 Å². The number of nitrogens with zero attached hydrogens (tertiary/aromatic N) is 1. The lowest BCUT2D eigenvalue weighted by atomic mass is 9.95. The van der Waals surface area contributed by atoms with Crippen molar-refractivity contribution in [2.45, 2.75) is 26.3 Å². The third-order valence-corrected chi connectivity index (χ3v) is 5.48. The lowest BCUT2D eigenvalue weighted by Crippen LogP contribution is -2.32. The van der Waals surface area contributed by atoms with E-state index in [0.717, 1.165) is 6.42 Å². The van der Waals surface area contributed by atoms with E-state index in [2.05, 4.69) is 0 Å². The van der Waals surface area contributed by atoms with Gasteiger partial charge in [0.15, 0.2) is 11.5 Å². The minimum atomic E-state index is -0.809. The number of hydrogen-bond donors (Lipinski definition) is 1. The van der Waals surface area contributed by atoms with E-state index in [0.29, 0.717) is 41.6 Å². The Morgan fingerprint density at radius 2 is 1.71 bits per heavy atom. The maximum atomic E-state index is 13.1. The third kappa shape index (κ3) is 5.17. The van der Waals surface area contributed by atoms with Gasteiger partial charge in [0, 0.05) is 19.2 Å². The highest BCUT2D eigenvalue weighted by molar-refractivity contribution is 6.46. The van der Waals surface area contributed by atoms with Crippen molar-refractivity contribution in [3.63, 3.8) is 0 Å². The molecule has 1 heterocycles. The highest BCUT2D eigenvalue weighted by Crippen LogP contribution is 2.42. The Morgan fingerprint density at radius 3 is 2.32 bits per heavy atom. The predicted molar refractivity (Wildman–Crippen MR) is 127 cm³/mol. The fourth-order valence-corrected chi connectivity index (χ4v) is 3.86. The van der Waals surface area contributed by atoms with E-state index < -0.39 is 17.7 Å². The molecule has 0 aromatic heterocycles. The summed E-state index contributed by atoms with van der Waals surface area (Å²) in [5.74, 6) is -0.0265. The molecule has 1 fully saturated rings. The van der Waals surface area contributed by atoms with Gasteiger partial charge in [-0.3, -0.25) is 9.59 Å². The maximum absolute atomic E-state index is 13.1. The molecular formula is C26H31NO7. The number of hydrogen-bond acceptors (Lipinski definition) is 7. The van der Waals surface area contributed by atoms with E-state index in [9.17, 15) is 14.7 Å². The second kappa shape index (κ2) is 11.6. The van der Waals surface area contributed by atoms with Gasteiger partial charge in [-0.2, -0.15) is 0 Å². The van der Waals surface area contributed by atoms with Gasteiger partial charge in [-0.25, -0.2) is 0 Å². The van der Waals surface area contributed by atoms with Gasteiger partial charge in [0.05, 0.1) is 38.5 Å². The Labute approximate surface area is 199 Å². The lowest BCUT2D eigenvalue weighted by molar-refractivity contribution is -0.140. The normalized spacial score (nSPS) is 17.2. The van der Waals surface area contributed by atoms with Crippen LogP contribution in [0.5, 0.6) is 17.2 Å². The largest absolute Gasteiger partial charge is 0.507 e. The van der Waals surface area contributed by atoms with E-state index in [1.807, 2.05) is 13.8 Å². The molecule has 182 valence electrons. The fraction of sp³-hybridized carbons (Fsp3) is 0.385. The number of carbonyl (C=O) groups excluding carboxylic acids is 2. The van der Waals surface area contributed by atoms with Gasteiger partial charge >= 0.3 is 0 Å². The van der Waals surface area contributed by atoms with Crippen LogP contribution in [-0.2, 0) is 14.3 Å². The molecule has 2 aromatic rings. The molecule has 1 amide bonds. The summed E-state index contributed by atoms with van der Waals surface area (Å²) >= 11 is 0. The van der Waals surface area contributed by atoms with Crippen LogP contribution in [0, 0.1) is 0 Å². The van der Waals surface area contributed by atoms with E-state index >= 15 is 0 Å². The molecule has 3 rings (SSSR count). The van der Waals surface area contributed by atoms with Gasteiger partial charge in [0.1, 0.15) is 11.5 Å². The first-order chi connectivity index (χ1) is 16.5. The van der Waals surface area contributed by atoms with Crippen LogP contribution in [0.1, 0.15) is 37.4 Å². The molecule has 0 saturated carbocycles. The van der Waals surface area contributed by atoms with Crippen LogP contribution in [0.4, 0.5) is 0 Å². The maximum Gasteiger partial charge on any atom is 0.295 e. The van der Waals surface area contributed by atoms with E-state index in [1.54, 1.807) is 42.5 Å². The Kier molecular flexibility index (Phi) is 8.54. The highest BCUT2D eigenvalue weighted by Gasteiger charge is 2.46. The molecule has 1 atom stereocenters. The summed E-state index contributed by atoms with van der Waals surface area (Å²) in [4.78, 5) is 27.4. The molecule has 8 nitrogen and oxygen atoms in total. The monoisotopic (exact) mass is 469 g/mol. The van der Waals surface area contributed by atoms with Crippen molar-refractivity contribution in [1.82, 2.24) is 4.90 Å². The van der Waals surface area contributed by atoms with Crippen LogP contribution in [0.2, 0.25) is 0 Å². The van der Waals surface area contributed by atoms with E-state index in [4.69, 9.17) is 18.9 Å². The molecule has 34 heavy (non-hydrogen) atoms. The predicted octanol–water partition coefficient (Wildman–Crippen LogP) is 3.95. The van der Waals surface area contributed by atoms with Crippen molar-refractivity contribution in [2.24, 2.45) is 0 Å². The molecule has 2 aromatic carbocycles. The number of Topliss-reactive ketones (excluding diaryl/α,β-unsaturated/α-hetero) is 1. The second-order valence-electron chi connectivity index (χ2n) is 7.70. The number of ether oxygens (including phenoxy) is 4. The Bertz CT molecular complexity index is 1050. The zero-order chi connectivity index (χ0) is 24.7. The van der Waals surface area contributed by atoms with Crippen LogP contribution < -0.4 is 14.2 Å². The number of carbonyl (C=O) groups is 2. The first kappa shape index (κ1) is 25.1. The van der Waals surface area contributed by atoms with Crippen molar-refractivity contribution in [3.8, 4) is 17.2 Å². The molecular weight excluding hydrogens is 438 g/mol. The van der Waals surface area contributed by atoms with Crippen molar-refractivity contribution >= 4 is 17.4 Å². The first-order valence-electron chi connectivity index (χ1n) is 11.3. The van der Waals surface area contributed by atoms with Crippen molar-refractivity contribution in [2.75, 3.05) is 40.6 Å². The Hall–Kier alpha value is -3.52. The molecule has 1 N–H and O–H groups in total. The molecule has 8 heteroatoms. The minimum Gasteiger partial charge on any atom is -0.507 e. The summed E-state index contributed by atoms with van der Waals surface area (Å²) in [6, 6.07) is 11.2. The molecule has 0 aliphatic carbocycles. The van der Waals surface area contributed by atoms with E-state index in [1.165, 1.54) is 19.1 Å². The molecule has 0 radical (unpaired) electrons. The van der Waals surface area contributed by atoms with E-state index in [-0.39, 0.29) is 24.5 Å². The minimum absolute atomic E-state index is 0.00884. The topological polar surface area (TPSA) is 94.5 Å². The zero-order valence-corrected chi connectivity index (χ0v) is 20.0. The summed E-state index contributed by atoms with van der Waals surface area (Å²) in [6.45, 7) is 5.34. The average Bonchev–Trinajstić information content (AvgIpc) is 3.11. The standard InChI is InChI=1S/C26H31NO7/c1-5-14-34-19-10-7-17(8-11-19)24(28)22-23(27(13-15-31-3)26(30)25(22)29)18-9-12-20(33-6-2)21(16-18)32-4/h7-12,16,23,28H,5-6,13-15H2,1-4H3/b24-22+. The van der Waals surface area contributed by atoms with Gasteiger partial charge in [0.25, 0.3) is 11.7 Å². The number of amides is 1. The fourth-order valence-electron chi connectivity index (χ4n) is 3.86.